The highest BCUT2D eigenvalue weighted by molar-refractivity contribution is 5.85. The zero-order chi connectivity index (χ0) is 21.6. The second kappa shape index (κ2) is 7.38. The topological polar surface area (TPSA) is 70.7 Å². The lowest BCUT2D eigenvalue weighted by atomic mass is 10.00. The molecular weight excluding hydrogens is 394 g/mol. The smallest absolute Gasteiger partial charge is 0.412 e. The van der Waals surface area contributed by atoms with Gasteiger partial charge in [-0.15, -0.1) is 0 Å². The van der Waals surface area contributed by atoms with Crippen molar-refractivity contribution in [3.63, 3.8) is 0 Å². The van der Waals surface area contributed by atoms with Crippen molar-refractivity contribution in [2.45, 2.75) is 57.5 Å². The van der Waals surface area contributed by atoms with Crippen LogP contribution in [0.15, 0.2) is 18.2 Å². The van der Waals surface area contributed by atoms with Gasteiger partial charge >= 0.3 is 18.3 Å². The summed E-state index contributed by atoms with van der Waals surface area (Å²) in [6, 6.07) is 0.540. The summed E-state index contributed by atoms with van der Waals surface area (Å²) in [5, 5.41) is 4.25. The number of urea groups is 1. The van der Waals surface area contributed by atoms with Crippen molar-refractivity contribution in [3.8, 4) is 0 Å². The molecule has 10 heteroatoms. The Balaban J connectivity index is 1.78. The predicted octanol–water partition coefficient (Wildman–Crippen LogP) is 4.58. The van der Waals surface area contributed by atoms with Crippen molar-refractivity contribution < 1.29 is 31.9 Å². The SMILES string of the molecule is CC(C)(C)OC(=O)Nc1ccc(C(C2CC2)N2C[C@@H](C(F)(F)F)NC2=O)cc1F. The van der Waals surface area contributed by atoms with Gasteiger partial charge in [-0.25, -0.2) is 14.0 Å². The van der Waals surface area contributed by atoms with E-state index in [1.165, 1.54) is 12.1 Å². The molecule has 0 spiro atoms. The Morgan fingerprint density at radius 2 is 1.93 bits per heavy atom. The van der Waals surface area contributed by atoms with Gasteiger partial charge in [-0.05, 0) is 57.2 Å². The number of carbonyl (C=O) groups excluding carboxylic acids is 2. The molecule has 2 N–H and O–H groups in total. The van der Waals surface area contributed by atoms with Gasteiger partial charge in [0.15, 0.2) is 0 Å². The van der Waals surface area contributed by atoms with Gasteiger partial charge in [0, 0.05) is 0 Å². The van der Waals surface area contributed by atoms with Gasteiger partial charge in [-0.3, -0.25) is 5.32 Å². The van der Waals surface area contributed by atoms with Gasteiger partial charge in [0.2, 0.25) is 0 Å². The van der Waals surface area contributed by atoms with Crippen molar-refractivity contribution in [2.75, 3.05) is 11.9 Å². The average molecular weight is 417 g/mol. The minimum atomic E-state index is -4.55. The van der Waals surface area contributed by atoms with Gasteiger partial charge in [0.1, 0.15) is 17.5 Å². The van der Waals surface area contributed by atoms with Crippen LogP contribution in [-0.4, -0.2) is 41.4 Å². The first kappa shape index (κ1) is 21.2. The van der Waals surface area contributed by atoms with Crippen LogP contribution in [-0.2, 0) is 4.74 Å². The molecule has 2 fully saturated rings. The molecule has 160 valence electrons. The number of nitrogens with one attached hydrogen (secondary N) is 2. The number of benzene rings is 1. The fraction of sp³-hybridized carbons (Fsp3) is 0.579. The van der Waals surface area contributed by atoms with E-state index in [4.69, 9.17) is 4.74 Å². The third kappa shape index (κ3) is 5.10. The van der Waals surface area contributed by atoms with Crippen molar-refractivity contribution >= 4 is 17.8 Å². The molecule has 1 unspecified atom stereocenters. The van der Waals surface area contributed by atoms with Gasteiger partial charge in [-0.2, -0.15) is 13.2 Å². The molecule has 1 aromatic carbocycles. The number of halogens is 4. The second-order valence-corrected chi connectivity index (χ2v) is 8.34. The van der Waals surface area contributed by atoms with Crippen LogP contribution in [0.2, 0.25) is 0 Å². The normalized spacial score (nSPS) is 21.0. The largest absolute Gasteiger partial charge is 0.444 e. The Bertz CT molecular complexity index is 803. The molecule has 0 radical (unpaired) electrons. The molecule has 1 saturated heterocycles. The van der Waals surface area contributed by atoms with E-state index < -0.39 is 48.3 Å². The summed E-state index contributed by atoms with van der Waals surface area (Å²) in [6.07, 6.45) is -3.89. The van der Waals surface area contributed by atoms with Gasteiger partial charge in [0.05, 0.1) is 18.3 Å². The predicted molar refractivity (Wildman–Crippen MR) is 96.8 cm³/mol. The molecule has 3 amide bonds. The third-order valence-corrected chi connectivity index (χ3v) is 4.71. The van der Waals surface area contributed by atoms with E-state index in [0.29, 0.717) is 5.56 Å². The van der Waals surface area contributed by atoms with E-state index in [1.54, 1.807) is 20.8 Å². The average Bonchev–Trinajstić information content (AvgIpc) is 3.30. The molecule has 2 aliphatic rings. The maximum atomic E-state index is 14.6. The number of nitrogens with zero attached hydrogens (tertiary/aromatic N) is 1. The summed E-state index contributed by atoms with van der Waals surface area (Å²) < 4.78 is 58.6. The Morgan fingerprint density at radius 3 is 2.41 bits per heavy atom. The van der Waals surface area contributed by atoms with Crippen LogP contribution in [0.1, 0.15) is 45.2 Å². The summed E-state index contributed by atoms with van der Waals surface area (Å²) in [6.45, 7) is 4.48. The van der Waals surface area contributed by atoms with E-state index in [-0.39, 0.29) is 11.6 Å². The summed E-state index contributed by atoms with van der Waals surface area (Å²) in [4.78, 5) is 25.1. The standard InChI is InChI=1S/C19H23F4N3O3/c1-18(2,3)29-17(28)24-13-7-6-11(8-12(13)20)15(10-4-5-10)26-9-14(19(21,22)23)25-16(26)27/h6-8,10,14-15H,4-5,9H2,1-3H3,(H,24,28)(H,25,27)/t14-,15?/m0/s1. The van der Waals surface area contributed by atoms with E-state index in [9.17, 15) is 27.2 Å². The van der Waals surface area contributed by atoms with Crippen LogP contribution in [0.3, 0.4) is 0 Å². The molecule has 1 aliphatic heterocycles. The van der Waals surface area contributed by atoms with Crippen LogP contribution in [0.25, 0.3) is 0 Å². The van der Waals surface area contributed by atoms with Gasteiger partial charge in [-0.1, -0.05) is 6.07 Å². The highest BCUT2D eigenvalue weighted by Gasteiger charge is 2.50. The summed E-state index contributed by atoms with van der Waals surface area (Å²) in [7, 11) is 0. The number of hydrogen-bond donors (Lipinski definition) is 2. The highest BCUT2D eigenvalue weighted by atomic mass is 19.4. The number of amides is 3. The van der Waals surface area contributed by atoms with Gasteiger partial charge < -0.3 is 15.0 Å². The van der Waals surface area contributed by atoms with Crippen LogP contribution in [0, 0.1) is 11.7 Å². The zero-order valence-electron chi connectivity index (χ0n) is 16.3. The molecular formula is C19H23F4N3O3. The van der Waals surface area contributed by atoms with Crippen LogP contribution >= 0.6 is 0 Å². The molecule has 0 aromatic heterocycles. The van der Waals surface area contributed by atoms with Crippen molar-refractivity contribution in [2.24, 2.45) is 5.92 Å². The first-order chi connectivity index (χ1) is 13.3. The highest BCUT2D eigenvalue weighted by Crippen LogP contribution is 2.46. The molecule has 1 aromatic rings. The molecule has 0 bridgehead atoms. The monoisotopic (exact) mass is 417 g/mol. The van der Waals surface area contributed by atoms with Crippen LogP contribution in [0.5, 0.6) is 0 Å². The summed E-state index contributed by atoms with van der Waals surface area (Å²) >= 11 is 0. The van der Waals surface area contributed by atoms with E-state index in [1.807, 2.05) is 5.32 Å². The lowest BCUT2D eigenvalue weighted by Gasteiger charge is -2.28. The molecule has 1 heterocycles. The van der Waals surface area contributed by atoms with Crippen LogP contribution < -0.4 is 10.6 Å². The fourth-order valence-corrected chi connectivity index (χ4v) is 3.33. The Kier molecular flexibility index (Phi) is 5.40. The third-order valence-electron chi connectivity index (χ3n) is 4.71. The lowest BCUT2D eigenvalue weighted by molar-refractivity contribution is -0.150. The molecule has 2 atom stereocenters. The Labute approximate surface area is 165 Å². The maximum Gasteiger partial charge on any atom is 0.412 e. The molecule has 1 aliphatic carbocycles. The molecule has 29 heavy (non-hydrogen) atoms. The Hall–Kier alpha value is -2.52. The zero-order valence-corrected chi connectivity index (χ0v) is 16.3. The number of hydrogen-bond acceptors (Lipinski definition) is 3. The fourth-order valence-electron chi connectivity index (χ4n) is 3.33. The van der Waals surface area contributed by atoms with E-state index >= 15 is 0 Å². The number of rotatable bonds is 4. The van der Waals surface area contributed by atoms with Crippen molar-refractivity contribution in [1.82, 2.24) is 10.2 Å². The van der Waals surface area contributed by atoms with Crippen molar-refractivity contribution in [3.05, 3.63) is 29.6 Å². The maximum absolute atomic E-state index is 14.6. The minimum absolute atomic E-state index is 0.0307. The van der Waals surface area contributed by atoms with E-state index in [2.05, 4.69) is 5.32 Å². The first-order valence-electron chi connectivity index (χ1n) is 9.28. The van der Waals surface area contributed by atoms with Crippen LogP contribution in [0.4, 0.5) is 32.8 Å². The Morgan fingerprint density at radius 1 is 1.28 bits per heavy atom. The number of ether oxygens (including phenoxy) is 1. The lowest BCUT2D eigenvalue weighted by Crippen LogP contribution is -2.40. The number of carbonyl (C=O) groups is 2. The molecule has 1 saturated carbocycles. The molecule has 6 nitrogen and oxygen atoms in total. The first-order valence-corrected chi connectivity index (χ1v) is 9.28. The number of anilines is 1. The second-order valence-electron chi connectivity index (χ2n) is 8.34. The number of alkyl halides is 3. The van der Waals surface area contributed by atoms with E-state index in [0.717, 1.165) is 23.8 Å². The minimum Gasteiger partial charge on any atom is -0.444 e. The quantitative estimate of drug-likeness (QED) is 0.705. The molecule has 3 rings (SSSR count). The van der Waals surface area contributed by atoms with Crippen molar-refractivity contribution in [1.29, 1.82) is 0 Å². The van der Waals surface area contributed by atoms with Gasteiger partial charge in [0.25, 0.3) is 0 Å². The summed E-state index contributed by atoms with van der Waals surface area (Å²) in [5.41, 5.74) is -0.482. The summed E-state index contributed by atoms with van der Waals surface area (Å²) in [5.74, 6) is -0.789.